The zero-order chi connectivity index (χ0) is 52.7. The lowest BCUT2D eigenvalue weighted by atomic mass is 10.0. The lowest BCUT2D eigenvalue weighted by Gasteiger charge is -2.22. The van der Waals surface area contributed by atoms with Crippen molar-refractivity contribution in [3.8, 4) is 0 Å². The lowest BCUT2D eigenvalue weighted by Crippen LogP contribution is -2.45. The van der Waals surface area contributed by atoms with E-state index >= 15 is 0 Å². The van der Waals surface area contributed by atoms with Crippen molar-refractivity contribution in [1.82, 2.24) is 5.32 Å². The van der Waals surface area contributed by atoms with Crippen LogP contribution in [0.25, 0.3) is 0 Å². The van der Waals surface area contributed by atoms with Gasteiger partial charge >= 0.3 is 0 Å². The molecule has 0 aliphatic heterocycles. The number of allylic oxidation sites excluding steroid dienone is 20. The minimum atomic E-state index is -0.689. The van der Waals surface area contributed by atoms with Crippen molar-refractivity contribution in [2.45, 2.75) is 302 Å². The highest BCUT2D eigenvalue weighted by molar-refractivity contribution is 5.76. The highest BCUT2D eigenvalue weighted by Gasteiger charge is 2.20. The molecule has 0 aromatic carbocycles. The maximum Gasteiger partial charge on any atom is 0.220 e. The van der Waals surface area contributed by atoms with Crippen LogP contribution in [0, 0.1) is 0 Å². The van der Waals surface area contributed by atoms with E-state index in [1.54, 1.807) is 0 Å². The van der Waals surface area contributed by atoms with Gasteiger partial charge in [0.25, 0.3) is 0 Å². The maximum absolute atomic E-state index is 12.5. The van der Waals surface area contributed by atoms with Gasteiger partial charge in [0.05, 0.1) is 18.8 Å². The average Bonchev–Trinajstić information content (AvgIpc) is 3.40. The predicted octanol–water partition coefficient (Wildman–Crippen LogP) is 21.2. The number of rotatable bonds is 56. The van der Waals surface area contributed by atoms with Crippen LogP contribution < -0.4 is 5.32 Å². The first-order valence-corrected chi connectivity index (χ1v) is 31.2. The molecule has 0 aliphatic rings. The summed E-state index contributed by atoms with van der Waals surface area (Å²) in [5.41, 5.74) is 0. The second kappa shape index (κ2) is 63.1. The van der Waals surface area contributed by atoms with Crippen LogP contribution in [0.5, 0.6) is 0 Å². The van der Waals surface area contributed by atoms with Crippen LogP contribution in [0.3, 0.4) is 0 Å². The third-order valence-electron chi connectivity index (χ3n) is 13.7. The smallest absolute Gasteiger partial charge is 0.220 e. The number of carbonyl (C=O) groups excluding carboxylic acids is 1. The fourth-order valence-electron chi connectivity index (χ4n) is 9.04. The van der Waals surface area contributed by atoms with Gasteiger partial charge in [0.1, 0.15) is 0 Å². The number of carbonyl (C=O) groups is 1. The van der Waals surface area contributed by atoms with Gasteiger partial charge in [-0.2, -0.15) is 0 Å². The summed E-state index contributed by atoms with van der Waals surface area (Å²) >= 11 is 0. The Labute approximate surface area is 454 Å². The summed E-state index contributed by atoms with van der Waals surface area (Å²) in [5, 5.41) is 23.4. The minimum absolute atomic E-state index is 0.0751. The van der Waals surface area contributed by atoms with Crippen LogP contribution in [-0.2, 0) is 4.79 Å². The minimum Gasteiger partial charge on any atom is -0.394 e. The molecule has 4 heteroatoms. The van der Waals surface area contributed by atoms with Gasteiger partial charge < -0.3 is 15.5 Å². The molecule has 0 radical (unpaired) electrons. The topological polar surface area (TPSA) is 69.6 Å². The first kappa shape index (κ1) is 69.8. The van der Waals surface area contributed by atoms with Crippen molar-refractivity contribution in [2.24, 2.45) is 0 Å². The molecule has 0 saturated heterocycles. The van der Waals surface area contributed by atoms with E-state index in [0.717, 1.165) is 96.3 Å². The maximum atomic E-state index is 12.5. The summed E-state index contributed by atoms with van der Waals surface area (Å²) in [7, 11) is 0. The summed E-state index contributed by atoms with van der Waals surface area (Å²) in [6.45, 7) is 4.24. The number of aliphatic hydroxyl groups is 2. The molecule has 0 bridgehead atoms. The lowest BCUT2D eigenvalue weighted by molar-refractivity contribution is -0.123. The summed E-state index contributed by atoms with van der Waals surface area (Å²) in [5.74, 6) is -0.0751. The Kier molecular flexibility index (Phi) is 60.3. The van der Waals surface area contributed by atoms with Gasteiger partial charge in [-0.3, -0.25) is 4.79 Å². The number of amides is 1. The van der Waals surface area contributed by atoms with Crippen LogP contribution in [0.4, 0.5) is 0 Å². The molecule has 0 heterocycles. The Morgan fingerprint density at radius 1 is 0.342 bits per heavy atom. The van der Waals surface area contributed by atoms with Crippen molar-refractivity contribution < 1.29 is 15.0 Å². The highest BCUT2D eigenvalue weighted by atomic mass is 16.3. The van der Waals surface area contributed by atoms with Crippen LogP contribution >= 0.6 is 0 Å². The first-order valence-electron chi connectivity index (χ1n) is 31.2. The molecule has 0 rings (SSSR count). The number of aliphatic hydroxyl groups excluding tert-OH is 2. The molecule has 2 unspecified atom stereocenters. The van der Waals surface area contributed by atoms with E-state index < -0.39 is 12.1 Å². The molecule has 0 aromatic rings. The van der Waals surface area contributed by atoms with Crippen LogP contribution in [-0.4, -0.2) is 34.9 Å². The molecule has 0 saturated carbocycles. The molecule has 0 spiro atoms. The van der Waals surface area contributed by atoms with Crippen molar-refractivity contribution in [2.75, 3.05) is 6.61 Å². The average molecular weight is 1010 g/mol. The van der Waals surface area contributed by atoms with Crippen molar-refractivity contribution in [1.29, 1.82) is 0 Å². The highest BCUT2D eigenvalue weighted by Crippen LogP contribution is 2.17. The van der Waals surface area contributed by atoms with Crippen LogP contribution in [0.1, 0.15) is 290 Å². The van der Waals surface area contributed by atoms with E-state index in [-0.39, 0.29) is 12.5 Å². The first-order chi connectivity index (χ1) is 36.2. The van der Waals surface area contributed by atoms with Crippen LogP contribution in [0.2, 0.25) is 0 Å². The van der Waals surface area contributed by atoms with Crippen molar-refractivity contribution >= 4 is 5.91 Å². The number of hydrogen-bond acceptors (Lipinski definition) is 3. The normalized spacial score (nSPS) is 13.6. The standard InChI is InChI=1S/C69H119NO3/c1-3-5-7-9-11-13-15-17-19-21-23-25-27-29-31-33-34-35-36-37-39-41-43-45-47-49-51-53-55-57-59-61-63-65-69(73)70-67(66-71)68(72)64-62-60-58-56-54-52-50-48-46-44-42-40-38-32-30-28-26-24-22-20-18-16-14-12-10-8-6-4-2/h5,7,11,13,17,19,23,25,29,31,34-35,37,39,43,45,49,51,55,57,67-68,71-72H,3-4,6,8-10,12,14-16,18,20-22,24,26-28,30,32-33,36,38,40-42,44,46-48,50,52-54,56,58-66H2,1-2H3,(H,70,73)/b7-5-,13-11-,19-17-,25-23-,31-29-,35-34-,39-37-,45-43-,51-49-,57-55-. The number of unbranched alkanes of at least 4 members (excludes halogenated alkanes) is 29. The summed E-state index contributed by atoms with van der Waals surface area (Å²) in [6.07, 6.45) is 96.4. The molecule has 0 fully saturated rings. The second-order valence-electron chi connectivity index (χ2n) is 20.7. The number of nitrogens with one attached hydrogen (secondary N) is 1. The summed E-state index contributed by atoms with van der Waals surface area (Å²) in [6, 6.07) is -0.571. The zero-order valence-electron chi connectivity index (χ0n) is 48.1. The SMILES string of the molecule is CC/C=C\C/C=C\C/C=C\C/C=C\C/C=C\C/C=C\C/C=C\C/C=C\C/C=C\C/C=C\CCCCC(=O)NC(CO)C(O)CCCCCCCCCCCCCCCCCCCCCCCCCCCCCC. The molecular formula is C69H119NO3. The third-order valence-corrected chi connectivity index (χ3v) is 13.7. The van der Waals surface area contributed by atoms with Gasteiger partial charge in [-0.25, -0.2) is 0 Å². The van der Waals surface area contributed by atoms with E-state index in [1.165, 1.54) is 167 Å². The van der Waals surface area contributed by atoms with Gasteiger partial charge in [-0.05, 0) is 89.9 Å². The molecule has 4 nitrogen and oxygen atoms in total. The van der Waals surface area contributed by atoms with Gasteiger partial charge in [-0.15, -0.1) is 0 Å². The Balaban J connectivity index is 3.61. The fourth-order valence-corrected chi connectivity index (χ4v) is 9.04. The van der Waals surface area contributed by atoms with E-state index in [4.69, 9.17) is 0 Å². The third kappa shape index (κ3) is 59.5. The van der Waals surface area contributed by atoms with Crippen molar-refractivity contribution in [3.63, 3.8) is 0 Å². The van der Waals surface area contributed by atoms with E-state index in [0.29, 0.717) is 12.8 Å². The molecule has 2 atom stereocenters. The molecule has 1 amide bonds. The predicted molar refractivity (Wildman–Crippen MR) is 326 cm³/mol. The molecular weight excluding hydrogens is 891 g/mol. The van der Waals surface area contributed by atoms with E-state index in [1.807, 2.05) is 0 Å². The number of hydrogen-bond donors (Lipinski definition) is 3. The summed E-state index contributed by atoms with van der Waals surface area (Å²) in [4.78, 5) is 12.5. The van der Waals surface area contributed by atoms with Crippen molar-refractivity contribution in [3.05, 3.63) is 122 Å². The Hall–Kier alpha value is -3.21. The monoisotopic (exact) mass is 1010 g/mol. The second-order valence-corrected chi connectivity index (χ2v) is 20.7. The molecule has 418 valence electrons. The van der Waals surface area contributed by atoms with Gasteiger partial charge in [-0.1, -0.05) is 315 Å². The van der Waals surface area contributed by atoms with Crippen LogP contribution in [0.15, 0.2) is 122 Å². The van der Waals surface area contributed by atoms with Gasteiger partial charge in [0.2, 0.25) is 5.91 Å². The van der Waals surface area contributed by atoms with E-state index in [9.17, 15) is 15.0 Å². The molecule has 0 aromatic heterocycles. The zero-order valence-corrected chi connectivity index (χ0v) is 48.1. The fraction of sp³-hybridized carbons (Fsp3) is 0.696. The van der Waals surface area contributed by atoms with Gasteiger partial charge in [0.15, 0.2) is 0 Å². The Morgan fingerprint density at radius 2 is 0.603 bits per heavy atom. The quantitative estimate of drug-likeness (QED) is 0.0420. The van der Waals surface area contributed by atoms with E-state index in [2.05, 4.69) is 141 Å². The summed E-state index contributed by atoms with van der Waals surface area (Å²) < 4.78 is 0. The molecule has 3 N–H and O–H groups in total. The molecule has 0 aliphatic carbocycles. The largest absolute Gasteiger partial charge is 0.394 e. The Bertz CT molecular complexity index is 1420. The molecule has 73 heavy (non-hydrogen) atoms. The van der Waals surface area contributed by atoms with Gasteiger partial charge in [0, 0.05) is 6.42 Å². The Morgan fingerprint density at radius 3 is 0.877 bits per heavy atom.